The van der Waals surface area contributed by atoms with Gasteiger partial charge in [-0.05, 0) is 28.8 Å². The average Bonchev–Trinajstić information content (AvgIpc) is 3.24. The Morgan fingerprint density at radius 2 is 1.36 bits per heavy atom. The molecule has 6 rings (SSSR count). The highest BCUT2D eigenvalue weighted by Gasteiger charge is 2.60. The third-order valence-corrected chi connectivity index (χ3v) is 7.91. The number of fused-ring (bicyclic) bond motifs is 1. The number of hydrogen-bond acceptors (Lipinski definition) is 4. The van der Waals surface area contributed by atoms with Crippen LogP contribution < -0.4 is 5.01 Å². The molecule has 0 radical (unpaired) electrons. The van der Waals surface area contributed by atoms with Gasteiger partial charge >= 0.3 is 0 Å². The standard InChI is InChI=1S/C29H22N2OS/c32-28-25-19-11-10-16-23(25)20-33-29(28)26(21-12-4-1-5-13-21)27(22-14-6-2-7-15-22)30-31(29)24-17-8-3-9-18-24/h1-19,26H,20H2. The van der Waals surface area contributed by atoms with Crippen molar-refractivity contribution in [2.45, 2.75) is 16.5 Å². The van der Waals surface area contributed by atoms with Gasteiger partial charge < -0.3 is 0 Å². The molecule has 0 saturated carbocycles. The molecule has 0 aliphatic carbocycles. The maximum Gasteiger partial charge on any atom is 0.202 e. The number of nitrogens with zero attached hydrogens (tertiary/aromatic N) is 2. The molecule has 33 heavy (non-hydrogen) atoms. The van der Waals surface area contributed by atoms with Crippen molar-refractivity contribution in [3.63, 3.8) is 0 Å². The Kier molecular flexibility index (Phi) is 4.88. The van der Waals surface area contributed by atoms with Crippen molar-refractivity contribution in [1.82, 2.24) is 0 Å². The van der Waals surface area contributed by atoms with Crippen molar-refractivity contribution in [1.29, 1.82) is 0 Å². The smallest absolute Gasteiger partial charge is 0.202 e. The molecular weight excluding hydrogens is 424 g/mol. The molecule has 160 valence electrons. The lowest BCUT2D eigenvalue weighted by molar-refractivity contribution is 0.0936. The molecule has 4 aromatic rings. The summed E-state index contributed by atoms with van der Waals surface area (Å²) in [6.07, 6.45) is 0. The van der Waals surface area contributed by atoms with E-state index in [-0.39, 0.29) is 11.7 Å². The third kappa shape index (κ3) is 3.13. The fraction of sp³-hybridized carbons (Fsp3) is 0.103. The van der Waals surface area contributed by atoms with Crippen LogP contribution >= 0.6 is 11.8 Å². The van der Waals surface area contributed by atoms with Crippen LogP contribution in [0.1, 0.15) is 33.0 Å². The number of benzene rings is 4. The van der Waals surface area contributed by atoms with Crippen molar-refractivity contribution in [2.24, 2.45) is 5.10 Å². The van der Waals surface area contributed by atoms with Crippen LogP contribution in [0.2, 0.25) is 0 Å². The lowest BCUT2D eigenvalue weighted by Crippen LogP contribution is -2.53. The summed E-state index contributed by atoms with van der Waals surface area (Å²) in [5, 5.41) is 7.18. The summed E-state index contributed by atoms with van der Waals surface area (Å²) in [6, 6.07) is 38.7. The molecule has 0 amide bonds. The van der Waals surface area contributed by atoms with Crippen LogP contribution in [-0.2, 0) is 5.75 Å². The summed E-state index contributed by atoms with van der Waals surface area (Å²) in [4.78, 5) is 13.5. The molecule has 1 spiro atoms. The molecule has 0 fully saturated rings. The quantitative estimate of drug-likeness (QED) is 0.359. The van der Waals surface area contributed by atoms with Gasteiger partial charge in [0.15, 0.2) is 4.87 Å². The van der Waals surface area contributed by atoms with E-state index in [1.54, 1.807) is 11.8 Å². The molecule has 0 saturated heterocycles. The first-order chi connectivity index (χ1) is 16.3. The highest BCUT2D eigenvalue weighted by Crippen LogP contribution is 2.55. The topological polar surface area (TPSA) is 32.7 Å². The average molecular weight is 447 g/mol. The van der Waals surface area contributed by atoms with Crippen molar-refractivity contribution in [2.75, 3.05) is 5.01 Å². The molecule has 0 bridgehead atoms. The number of thioether (sulfide) groups is 1. The highest BCUT2D eigenvalue weighted by molar-refractivity contribution is 8.01. The second-order valence-corrected chi connectivity index (χ2v) is 9.51. The molecule has 4 heteroatoms. The maximum atomic E-state index is 14.4. The van der Waals surface area contributed by atoms with E-state index in [1.165, 1.54) is 0 Å². The summed E-state index contributed by atoms with van der Waals surface area (Å²) in [7, 11) is 0. The minimum Gasteiger partial charge on any atom is -0.290 e. The van der Waals surface area contributed by atoms with Gasteiger partial charge in [-0.2, -0.15) is 5.10 Å². The van der Waals surface area contributed by atoms with Crippen molar-refractivity contribution in [3.8, 4) is 0 Å². The van der Waals surface area contributed by atoms with Gasteiger partial charge in [0.25, 0.3) is 0 Å². The number of hydrazone groups is 1. The van der Waals surface area contributed by atoms with Crippen molar-refractivity contribution in [3.05, 3.63) is 138 Å². The predicted octanol–water partition coefficient (Wildman–Crippen LogP) is 6.52. The fourth-order valence-corrected chi connectivity index (χ4v) is 6.47. The van der Waals surface area contributed by atoms with E-state index < -0.39 is 4.87 Å². The van der Waals surface area contributed by atoms with E-state index in [4.69, 9.17) is 5.10 Å². The van der Waals surface area contributed by atoms with Crippen LogP contribution in [0.5, 0.6) is 0 Å². The van der Waals surface area contributed by atoms with E-state index in [9.17, 15) is 4.79 Å². The summed E-state index contributed by atoms with van der Waals surface area (Å²) in [6.45, 7) is 0. The Balaban J connectivity index is 1.63. The monoisotopic (exact) mass is 446 g/mol. The molecule has 2 heterocycles. The predicted molar refractivity (Wildman–Crippen MR) is 136 cm³/mol. The summed E-state index contributed by atoms with van der Waals surface area (Å²) < 4.78 is 0. The lowest BCUT2D eigenvalue weighted by atomic mass is 9.80. The first-order valence-electron chi connectivity index (χ1n) is 11.1. The lowest BCUT2D eigenvalue weighted by Gasteiger charge is -2.43. The molecule has 2 aliphatic rings. The normalized spacial score (nSPS) is 21.7. The zero-order chi connectivity index (χ0) is 22.3. The molecule has 0 aromatic heterocycles. The number of carbonyl (C=O) groups excluding carboxylic acids is 1. The number of ketones is 1. The molecule has 0 N–H and O–H groups in total. The summed E-state index contributed by atoms with van der Waals surface area (Å²) in [5.41, 5.74) is 5.86. The van der Waals surface area contributed by atoms with Crippen LogP contribution in [0.3, 0.4) is 0 Å². The number of hydrogen-bond donors (Lipinski definition) is 0. The van der Waals surface area contributed by atoms with Crippen LogP contribution in [0.15, 0.2) is 120 Å². The SMILES string of the molecule is O=C1c2ccccc2CSC12C(c1ccccc1)C(c1ccccc1)=NN2c1ccccc1. The molecule has 2 atom stereocenters. The van der Waals surface area contributed by atoms with Crippen LogP contribution in [0, 0.1) is 0 Å². The van der Waals surface area contributed by atoms with Gasteiger partial charge in [0.05, 0.1) is 17.3 Å². The molecule has 2 unspecified atom stereocenters. The Hall–Kier alpha value is -3.63. The number of rotatable bonds is 3. The van der Waals surface area contributed by atoms with Crippen LogP contribution in [0.25, 0.3) is 0 Å². The van der Waals surface area contributed by atoms with Crippen molar-refractivity contribution >= 4 is 28.9 Å². The third-order valence-electron chi connectivity index (χ3n) is 6.43. The maximum absolute atomic E-state index is 14.4. The summed E-state index contributed by atoms with van der Waals surface area (Å²) in [5.74, 6) is 0.653. The Morgan fingerprint density at radius 1 is 0.758 bits per heavy atom. The number of Topliss-reactive ketones (excluding diaryl/α,β-unsaturated/α-hetero) is 1. The summed E-state index contributed by atoms with van der Waals surface area (Å²) >= 11 is 1.69. The number of anilines is 1. The van der Waals surface area contributed by atoms with Gasteiger partial charge in [-0.1, -0.05) is 103 Å². The Bertz CT molecular complexity index is 1340. The largest absolute Gasteiger partial charge is 0.290 e. The van der Waals surface area contributed by atoms with Crippen LogP contribution in [-0.4, -0.2) is 16.4 Å². The van der Waals surface area contributed by atoms with E-state index in [2.05, 4.69) is 30.3 Å². The zero-order valence-corrected chi connectivity index (χ0v) is 18.8. The Morgan fingerprint density at radius 3 is 2.09 bits per heavy atom. The second-order valence-electron chi connectivity index (χ2n) is 8.31. The number of carbonyl (C=O) groups is 1. The minimum atomic E-state index is -0.901. The highest BCUT2D eigenvalue weighted by atomic mass is 32.2. The van der Waals surface area contributed by atoms with E-state index >= 15 is 0 Å². The van der Waals surface area contributed by atoms with Gasteiger partial charge in [0, 0.05) is 11.3 Å². The molecular formula is C29H22N2OS. The second kappa shape index (κ2) is 8.05. The van der Waals surface area contributed by atoms with Crippen molar-refractivity contribution < 1.29 is 4.79 Å². The molecule has 3 nitrogen and oxygen atoms in total. The zero-order valence-electron chi connectivity index (χ0n) is 18.0. The minimum absolute atomic E-state index is 0.113. The van der Waals surface area contributed by atoms with Gasteiger partial charge in [0.2, 0.25) is 5.78 Å². The van der Waals surface area contributed by atoms with Gasteiger partial charge in [-0.25, -0.2) is 5.01 Å². The van der Waals surface area contributed by atoms with Gasteiger partial charge in [0.1, 0.15) is 0 Å². The molecule has 4 aromatic carbocycles. The molecule has 2 aliphatic heterocycles. The number of para-hydroxylation sites is 1. The first-order valence-corrected chi connectivity index (χ1v) is 12.1. The first kappa shape index (κ1) is 20.0. The van der Waals surface area contributed by atoms with E-state index in [0.29, 0.717) is 0 Å². The fourth-order valence-electron chi connectivity index (χ4n) is 4.91. The van der Waals surface area contributed by atoms with Gasteiger partial charge in [-0.15, -0.1) is 11.8 Å². The van der Waals surface area contributed by atoms with E-state index in [0.717, 1.165) is 39.4 Å². The van der Waals surface area contributed by atoms with E-state index in [1.807, 2.05) is 89.9 Å². The van der Waals surface area contributed by atoms with Gasteiger partial charge in [-0.3, -0.25) is 4.79 Å². The Labute approximate surface area is 197 Å². The van der Waals surface area contributed by atoms with Crippen LogP contribution in [0.4, 0.5) is 5.69 Å².